The predicted molar refractivity (Wildman–Crippen MR) is 131 cm³/mol. The van der Waals surface area contributed by atoms with Gasteiger partial charge < -0.3 is 14.2 Å². The number of carbonyl (C=O) groups excluding carboxylic acids is 1. The molecular formula is C26H19N3O4S. The topological polar surface area (TPSA) is 73.8 Å². The van der Waals surface area contributed by atoms with Crippen molar-refractivity contribution < 1.29 is 19.0 Å². The number of nitrogens with zero attached hydrogens (tertiary/aromatic N) is 3. The third-order valence-corrected chi connectivity index (χ3v) is 6.75. The van der Waals surface area contributed by atoms with E-state index in [1.54, 1.807) is 24.4 Å². The molecule has 0 unspecified atom stereocenters. The van der Waals surface area contributed by atoms with Gasteiger partial charge in [0.1, 0.15) is 5.75 Å². The second kappa shape index (κ2) is 8.31. The fraction of sp³-hybridized carbons (Fsp3) is 0.115. The van der Waals surface area contributed by atoms with Gasteiger partial charge in [0, 0.05) is 24.5 Å². The molecule has 2 aromatic heterocycles. The van der Waals surface area contributed by atoms with Crippen LogP contribution < -0.4 is 19.1 Å². The Labute approximate surface area is 199 Å². The van der Waals surface area contributed by atoms with Crippen LogP contribution in [-0.2, 0) is 6.54 Å². The molecule has 1 aliphatic heterocycles. The molecule has 0 saturated carbocycles. The van der Waals surface area contributed by atoms with Gasteiger partial charge in [-0.25, -0.2) is 4.98 Å². The molecule has 6 rings (SSSR count). The van der Waals surface area contributed by atoms with Gasteiger partial charge in [-0.15, -0.1) is 0 Å². The molecular weight excluding hydrogens is 450 g/mol. The molecule has 1 aliphatic rings. The number of hydrogen-bond acceptors (Lipinski definition) is 7. The molecule has 0 saturated heterocycles. The van der Waals surface area contributed by atoms with E-state index in [9.17, 15) is 4.79 Å². The quantitative estimate of drug-likeness (QED) is 0.342. The van der Waals surface area contributed by atoms with Crippen molar-refractivity contribution in [3.63, 3.8) is 0 Å². The molecule has 0 bridgehead atoms. The van der Waals surface area contributed by atoms with Crippen LogP contribution in [0.15, 0.2) is 73.1 Å². The van der Waals surface area contributed by atoms with E-state index in [2.05, 4.69) is 4.98 Å². The number of amides is 1. The lowest BCUT2D eigenvalue weighted by atomic mass is 10.0. The van der Waals surface area contributed by atoms with Gasteiger partial charge in [-0.2, -0.15) is 0 Å². The number of thiazole rings is 1. The first-order chi connectivity index (χ1) is 16.7. The normalized spacial score (nSPS) is 12.3. The highest BCUT2D eigenvalue weighted by atomic mass is 32.1. The van der Waals surface area contributed by atoms with Crippen molar-refractivity contribution in [2.45, 2.75) is 6.54 Å². The Morgan fingerprint density at radius 3 is 2.62 bits per heavy atom. The molecule has 7 nitrogen and oxygen atoms in total. The Bertz CT molecular complexity index is 1490. The van der Waals surface area contributed by atoms with Crippen molar-refractivity contribution in [2.75, 3.05) is 18.8 Å². The minimum Gasteiger partial charge on any atom is -0.496 e. The molecule has 0 fully saturated rings. The zero-order valence-electron chi connectivity index (χ0n) is 18.2. The van der Waals surface area contributed by atoms with Crippen LogP contribution in [0, 0.1) is 0 Å². The highest BCUT2D eigenvalue weighted by molar-refractivity contribution is 7.22. The van der Waals surface area contributed by atoms with Crippen LogP contribution in [0.4, 0.5) is 5.13 Å². The van der Waals surface area contributed by atoms with Gasteiger partial charge in [-0.05, 0) is 34.5 Å². The smallest absolute Gasteiger partial charge is 0.264 e. The Kier molecular flexibility index (Phi) is 5.00. The van der Waals surface area contributed by atoms with Crippen LogP contribution in [0.1, 0.15) is 15.9 Å². The summed E-state index contributed by atoms with van der Waals surface area (Å²) in [6.45, 7) is 0.516. The first-order valence-corrected chi connectivity index (χ1v) is 11.5. The number of pyridine rings is 1. The summed E-state index contributed by atoms with van der Waals surface area (Å²) in [4.78, 5) is 24.6. The van der Waals surface area contributed by atoms with E-state index < -0.39 is 0 Å². The summed E-state index contributed by atoms with van der Waals surface area (Å²) in [6, 6.07) is 19.2. The number of rotatable bonds is 5. The van der Waals surface area contributed by atoms with Gasteiger partial charge in [0.25, 0.3) is 5.91 Å². The zero-order valence-corrected chi connectivity index (χ0v) is 19.0. The number of hydrogen-bond donors (Lipinski definition) is 0. The first kappa shape index (κ1) is 20.4. The fourth-order valence-electron chi connectivity index (χ4n) is 4.02. The average Bonchev–Trinajstić information content (AvgIpc) is 3.51. The van der Waals surface area contributed by atoms with Crippen molar-refractivity contribution in [1.82, 2.24) is 9.97 Å². The van der Waals surface area contributed by atoms with Crippen molar-refractivity contribution in [3.05, 3.63) is 84.2 Å². The summed E-state index contributed by atoms with van der Waals surface area (Å²) in [7, 11) is 1.57. The maximum atomic E-state index is 14.0. The summed E-state index contributed by atoms with van der Waals surface area (Å²) in [5.41, 5.74) is 2.11. The summed E-state index contributed by atoms with van der Waals surface area (Å²) in [5.74, 6) is 1.65. The van der Waals surface area contributed by atoms with Crippen LogP contribution in [0.2, 0.25) is 0 Å². The van der Waals surface area contributed by atoms with Crippen molar-refractivity contribution in [1.29, 1.82) is 0 Å². The van der Waals surface area contributed by atoms with Crippen molar-refractivity contribution in [2.24, 2.45) is 0 Å². The Hall–Kier alpha value is -4.17. The van der Waals surface area contributed by atoms with E-state index in [4.69, 9.17) is 19.2 Å². The van der Waals surface area contributed by atoms with Crippen LogP contribution in [0.25, 0.3) is 21.0 Å². The number of methoxy groups -OCH3 is 1. The van der Waals surface area contributed by atoms with E-state index in [0.29, 0.717) is 34.5 Å². The molecule has 0 spiro atoms. The number of benzene rings is 3. The van der Waals surface area contributed by atoms with E-state index >= 15 is 0 Å². The maximum Gasteiger partial charge on any atom is 0.264 e. The summed E-state index contributed by atoms with van der Waals surface area (Å²) in [5, 5.41) is 2.54. The molecule has 8 heteroatoms. The second-order valence-corrected chi connectivity index (χ2v) is 8.83. The van der Waals surface area contributed by atoms with E-state index in [1.165, 1.54) is 11.3 Å². The fourth-order valence-corrected chi connectivity index (χ4v) is 5.00. The molecule has 0 aliphatic carbocycles. The summed E-state index contributed by atoms with van der Waals surface area (Å²) >= 11 is 1.43. The van der Waals surface area contributed by atoms with Crippen LogP contribution in [0.3, 0.4) is 0 Å². The van der Waals surface area contributed by atoms with E-state index in [0.717, 1.165) is 26.6 Å². The molecule has 0 atom stereocenters. The number of anilines is 1. The largest absolute Gasteiger partial charge is 0.496 e. The molecule has 1 amide bonds. The van der Waals surface area contributed by atoms with Crippen LogP contribution >= 0.6 is 11.3 Å². The first-order valence-electron chi connectivity index (χ1n) is 10.7. The maximum absolute atomic E-state index is 14.0. The SMILES string of the molecule is COc1cc2ccccc2cc1C(=O)N(Cc1cccnc1)c1nc2cc3c(cc2s1)OCO3. The lowest BCUT2D eigenvalue weighted by Gasteiger charge is -2.21. The number of aromatic nitrogens is 2. The zero-order chi connectivity index (χ0) is 23.1. The molecule has 5 aromatic rings. The molecule has 0 radical (unpaired) electrons. The molecule has 3 aromatic carbocycles. The van der Waals surface area contributed by atoms with Gasteiger partial charge in [-0.3, -0.25) is 14.7 Å². The minimum absolute atomic E-state index is 0.201. The predicted octanol–water partition coefficient (Wildman–Crippen LogP) is 5.43. The van der Waals surface area contributed by atoms with Gasteiger partial charge in [0.2, 0.25) is 6.79 Å². The molecule has 0 N–H and O–H groups in total. The highest BCUT2D eigenvalue weighted by Gasteiger charge is 2.26. The highest BCUT2D eigenvalue weighted by Crippen LogP contribution is 2.40. The summed E-state index contributed by atoms with van der Waals surface area (Å²) < 4.78 is 17.5. The Morgan fingerprint density at radius 1 is 1.06 bits per heavy atom. The van der Waals surface area contributed by atoms with Crippen molar-refractivity contribution >= 4 is 43.4 Å². The lowest BCUT2D eigenvalue weighted by molar-refractivity contribution is 0.0982. The molecule has 3 heterocycles. The van der Waals surface area contributed by atoms with Gasteiger partial charge in [0.15, 0.2) is 16.6 Å². The van der Waals surface area contributed by atoms with Crippen molar-refractivity contribution in [3.8, 4) is 17.2 Å². The van der Waals surface area contributed by atoms with Gasteiger partial charge in [-0.1, -0.05) is 41.7 Å². The third-order valence-electron chi connectivity index (χ3n) is 5.71. The third kappa shape index (κ3) is 3.58. The average molecular weight is 470 g/mol. The Morgan fingerprint density at radius 2 is 1.85 bits per heavy atom. The Balaban J connectivity index is 1.47. The lowest BCUT2D eigenvalue weighted by Crippen LogP contribution is -2.30. The standard InChI is InChI=1S/C26H19N3O4S/c1-31-21-10-18-7-3-2-6-17(18)9-19(21)25(30)29(14-16-5-4-8-27-13-16)26-28-20-11-22-23(33-15-32-22)12-24(20)34-26/h2-13H,14-15H2,1H3. The van der Waals surface area contributed by atoms with Gasteiger partial charge >= 0.3 is 0 Å². The number of carbonyl (C=O) groups is 1. The van der Waals surface area contributed by atoms with Crippen LogP contribution in [-0.4, -0.2) is 29.8 Å². The number of fused-ring (bicyclic) bond motifs is 3. The molecule has 168 valence electrons. The monoisotopic (exact) mass is 469 g/mol. The number of ether oxygens (including phenoxy) is 3. The van der Waals surface area contributed by atoms with E-state index in [1.807, 2.05) is 60.7 Å². The van der Waals surface area contributed by atoms with E-state index in [-0.39, 0.29) is 12.7 Å². The van der Waals surface area contributed by atoms with Crippen LogP contribution in [0.5, 0.6) is 17.2 Å². The molecule has 34 heavy (non-hydrogen) atoms. The minimum atomic E-state index is -0.203. The second-order valence-electron chi connectivity index (χ2n) is 7.82. The summed E-state index contributed by atoms with van der Waals surface area (Å²) in [6.07, 6.45) is 3.46. The van der Waals surface area contributed by atoms with Gasteiger partial charge in [0.05, 0.1) is 29.4 Å².